The Morgan fingerprint density at radius 2 is 1.60 bits per heavy atom. The summed E-state index contributed by atoms with van der Waals surface area (Å²) in [5.74, 6) is 0. The standard InChI is InChI=1S/C13H20BNO4S/c1-9-7-10(8-11(15-9)20(6,16)17)14-18-12(2,3)13(4,5)19-14/h7-8H,1-6H3. The zero-order valence-electron chi connectivity index (χ0n) is 12.7. The number of hydrogen-bond acceptors (Lipinski definition) is 5. The quantitative estimate of drug-likeness (QED) is 0.765. The molecular formula is C13H20BNO4S. The largest absolute Gasteiger partial charge is 0.494 e. The molecule has 1 aliphatic rings. The maximum atomic E-state index is 11.7. The summed E-state index contributed by atoms with van der Waals surface area (Å²) < 4.78 is 35.2. The molecule has 2 rings (SSSR count). The highest BCUT2D eigenvalue weighted by molar-refractivity contribution is 7.90. The van der Waals surface area contributed by atoms with Gasteiger partial charge in [-0.05, 0) is 52.2 Å². The van der Waals surface area contributed by atoms with Gasteiger partial charge < -0.3 is 9.31 Å². The van der Waals surface area contributed by atoms with Gasteiger partial charge in [0.25, 0.3) is 0 Å². The van der Waals surface area contributed by atoms with E-state index >= 15 is 0 Å². The number of rotatable bonds is 2. The number of aryl methyl sites for hydroxylation is 1. The van der Waals surface area contributed by atoms with Gasteiger partial charge in [0.2, 0.25) is 0 Å². The first-order chi connectivity index (χ1) is 8.92. The van der Waals surface area contributed by atoms with Crippen molar-refractivity contribution in [1.29, 1.82) is 0 Å². The highest BCUT2D eigenvalue weighted by Crippen LogP contribution is 2.36. The van der Waals surface area contributed by atoms with Crippen LogP contribution in [0.2, 0.25) is 0 Å². The molecule has 2 heterocycles. The first kappa shape index (κ1) is 15.5. The molecule has 0 unspecified atom stereocenters. The van der Waals surface area contributed by atoms with Gasteiger partial charge in [-0.2, -0.15) is 0 Å². The van der Waals surface area contributed by atoms with Crippen LogP contribution in [0, 0.1) is 6.92 Å². The molecule has 1 aliphatic heterocycles. The van der Waals surface area contributed by atoms with E-state index in [-0.39, 0.29) is 5.03 Å². The molecular weight excluding hydrogens is 277 g/mol. The molecule has 1 aromatic heterocycles. The molecule has 1 saturated heterocycles. The molecule has 5 nitrogen and oxygen atoms in total. The van der Waals surface area contributed by atoms with E-state index in [1.54, 1.807) is 13.0 Å². The monoisotopic (exact) mass is 297 g/mol. The number of pyridine rings is 1. The van der Waals surface area contributed by atoms with Gasteiger partial charge in [-0.25, -0.2) is 13.4 Å². The van der Waals surface area contributed by atoms with Crippen LogP contribution in [0.15, 0.2) is 17.2 Å². The van der Waals surface area contributed by atoms with Gasteiger partial charge >= 0.3 is 7.12 Å². The van der Waals surface area contributed by atoms with Gasteiger partial charge in [-0.1, -0.05) is 0 Å². The van der Waals surface area contributed by atoms with Crippen LogP contribution in [0.25, 0.3) is 0 Å². The second-order valence-electron chi connectivity index (χ2n) is 6.24. The smallest absolute Gasteiger partial charge is 0.399 e. The van der Waals surface area contributed by atoms with Crippen molar-refractivity contribution in [1.82, 2.24) is 4.98 Å². The predicted octanol–water partition coefficient (Wildman–Crippen LogP) is 1.09. The molecule has 20 heavy (non-hydrogen) atoms. The summed E-state index contributed by atoms with van der Waals surface area (Å²) in [6.45, 7) is 9.58. The molecule has 0 radical (unpaired) electrons. The average molecular weight is 297 g/mol. The lowest BCUT2D eigenvalue weighted by atomic mass is 9.79. The molecule has 1 fully saturated rings. The van der Waals surface area contributed by atoms with Gasteiger partial charge in [0.05, 0.1) is 11.2 Å². The van der Waals surface area contributed by atoms with Crippen molar-refractivity contribution in [3.63, 3.8) is 0 Å². The molecule has 0 saturated carbocycles. The van der Waals surface area contributed by atoms with Gasteiger partial charge in [0, 0.05) is 11.9 Å². The molecule has 0 N–H and O–H groups in total. The lowest BCUT2D eigenvalue weighted by Gasteiger charge is -2.32. The summed E-state index contributed by atoms with van der Waals surface area (Å²) in [5, 5.41) is 0.0437. The van der Waals surface area contributed by atoms with Crippen molar-refractivity contribution in [3.05, 3.63) is 17.8 Å². The average Bonchev–Trinajstić information content (AvgIpc) is 2.46. The lowest BCUT2D eigenvalue weighted by Crippen LogP contribution is -2.41. The van der Waals surface area contributed by atoms with E-state index in [0.717, 1.165) is 6.26 Å². The third-order valence-electron chi connectivity index (χ3n) is 3.86. The first-order valence-corrected chi connectivity index (χ1v) is 8.36. The van der Waals surface area contributed by atoms with Crippen LogP contribution in [0.4, 0.5) is 0 Å². The van der Waals surface area contributed by atoms with E-state index in [9.17, 15) is 8.42 Å². The first-order valence-electron chi connectivity index (χ1n) is 6.47. The third kappa shape index (κ3) is 2.75. The summed E-state index contributed by atoms with van der Waals surface area (Å²) in [6, 6.07) is 3.31. The highest BCUT2D eigenvalue weighted by Gasteiger charge is 2.51. The Hall–Kier alpha value is -0.915. The van der Waals surface area contributed by atoms with E-state index in [4.69, 9.17) is 9.31 Å². The number of sulfone groups is 1. The molecule has 7 heteroatoms. The van der Waals surface area contributed by atoms with E-state index in [1.165, 1.54) is 6.07 Å². The fraction of sp³-hybridized carbons (Fsp3) is 0.615. The van der Waals surface area contributed by atoms with Crippen molar-refractivity contribution in [2.75, 3.05) is 6.26 Å². The van der Waals surface area contributed by atoms with Crippen molar-refractivity contribution in [3.8, 4) is 0 Å². The van der Waals surface area contributed by atoms with Crippen LogP contribution < -0.4 is 5.46 Å². The third-order valence-corrected chi connectivity index (χ3v) is 4.83. The van der Waals surface area contributed by atoms with Gasteiger partial charge in [0.15, 0.2) is 14.9 Å². The molecule has 0 aliphatic carbocycles. The van der Waals surface area contributed by atoms with Gasteiger partial charge in [-0.3, -0.25) is 0 Å². The molecule has 0 spiro atoms. The fourth-order valence-electron chi connectivity index (χ4n) is 1.97. The normalized spacial score (nSPS) is 21.2. The van der Waals surface area contributed by atoms with Crippen molar-refractivity contribution in [2.24, 2.45) is 0 Å². The van der Waals surface area contributed by atoms with E-state index in [1.807, 2.05) is 27.7 Å². The number of nitrogens with zero attached hydrogens (tertiary/aromatic N) is 1. The Labute approximate surface area is 120 Å². The maximum Gasteiger partial charge on any atom is 0.494 e. The Balaban J connectivity index is 2.44. The molecule has 0 bridgehead atoms. The van der Waals surface area contributed by atoms with Gasteiger partial charge in [0.1, 0.15) is 0 Å². The molecule has 110 valence electrons. The van der Waals surface area contributed by atoms with E-state index < -0.39 is 28.2 Å². The van der Waals surface area contributed by atoms with E-state index in [2.05, 4.69) is 4.98 Å². The molecule has 0 aromatic carbocycles. The Morgan fingerprint density at radius 3 is 2.05 bits per heavy atom. The van der Waals surface area contributed by atoms with Gasteiger partial charge in [-0.15, -0.1) is 0 Å². The SMILES string of the molecule is Cc1cc(B2OC(C)(C)C(C)(C)O2)cc(S(C)(=O)=O)n1. The minimum absolute atomic E-state index is 0.0437. The van der Waals surface area contributed by atoms with E-state index in [0.29, 0.717) is 11.2 Å². The van der Waals surface area contributed by atoms with Crippen LogP contribution in [-0.2, 0) is 19.1 Å². The second-order valence-corrected chi connectivity index (χ2v) is 8.20. The maximum absolute atomic E-state index is 11.7. The van der Waals surface area contributed by atoms with Crippen molar-refractivity contribution in [2.45, 2.75) is 50.8 Å². The Bertz CT molecular complexity index is 624. The predicted molar refractivity (Wildman–Crippen MR) is 77.8 cm³/mol. The highest BCUT2D eigenvalue weighted by atomic mass is 32.2. The summed E-state index contributed by atoms with van der Waals surface area (Å²) >= 11 is 0. The summed E-state index contributed by atoms with van der Waals surface area (Å²) in [5.41, 5.74) is 0.384. The molecule has 0 amide bonds. The second kappa shape index (κ2) is 4.54. The topological polar surface area (TPSA) is 65.5 Å². The zero-order chi connectivity index (χ0) is 15.3. The summed E-state index contributed by atoms with van der Waals surface area (Å²) in [4.78, 5) is 4.05. The van der Waals surface area contributed by atoms with Crippen LogP contribution in [-0.4, -0.2) is 38.0 Å². The molecule has 0 atom stereocenters. The fourth-order valence-corrected chi connectivity index (χ4v) is 2.63. The number of hydrogen-bond donors (Lipinski definition) is 0. The minimum atomic E-state index is -3.36. The Morgan fingerprint density at radius 1 is 1.10 bits per heavy atom. The summed E-state index contributed by atoms with van der Waals surface area (Å²) in [6.07, 6.45) is 1.14. The summed E-state index contributed by atoms with van der Waals surface area (Å²) in [7, 11) is -3.94. The van der Waals surface area contributed by atoms with Crippen LogP contribution in [0.5, 0.6) is 0 Å². The minimum Gasteiger partial charge on any atom is -0.399 e. The number of aromatic nitrogens is 1. The van der Waals surface area contributed by atoms with Crippen LogP contribution in [0.1, 0.15) is 33.4 Å². The van der Waals surface area contributed by atoms with Crippen LogP contribution in [0.3, 0.4) is 0 Å². The Kier molecular flexibility index (Phi) is 3.52. The lowest BCUT2D eigenvalue weighted by molar-refractivity contribution is 0.00578. The van der Waals surface area contributed by atoms with Crippen LogP contribution >= 0.6 is 0 Å². The molecule has 1 aromatic rings. The zero-order valence-corrected chi connectivity index (χ0v) is 13.5. The van der Waals surface area contributed by atoms with Crippen molar-refractivity contribution >= 4 is 22.4 Å². The van der Waals surface area contributed by atoms with Crippen molar-refractivity contribution < 1.29 is 17.7 Å².